The second-order valence-corrected chi connectivity index (χ2v) is 6.59. The van der Waals surface area contributed by atoms with Crippen molar-refractivity contribution in [3.05, 3.63) is 47.5 Å². The topological polar surface area (TPSA) is 44.4 Å². The first-order valence-corrected chi connectivity index (χ1v) is 8.54. The summed E-state index contributed by atoms with van der Waals surface area (Å²) in [5, 5.41) is 5.91. The Bertz CT molecular complexity index is 508. The molecule has 1 aromatic carbocycles. The van der Waals surface area contributed by atoms with Crippen molar-refractivity contribution in [1.29, 1.82) is 0 Å². The standard InChI is InChI=1S/C19H29N3O/c1-22(2)15-18-11-9-17(10-12-18)14-21-19(23)20-13-16-7-5-3-4-6-8-16/h5,7,9-12,16H,3-4,6,8,13-15H2,1-2H3,(H2,20,21,23). The molecule has 1 aliphatic rings. The maximum atomic E-state index is 11.9. The van der Waals surface area contributed by atoms with Gasteiger partial charge in [0.15, 0.2) is 0 Å². The van der Waals surface area contributed by atoms with Gasteiger partial charge in [-0.25, -0.2) is 4.79 Å². The van der Waals surface area contributed by atoms with Crippen LogP contribution >= 0.6 is 0 Å². The average molecular weight is 315 g/mol. The summed E-state index contributed by atoms with van der Waals surface area (Å²) in [7, 11) is 4.12. The van der Waals surface area contributed by atoms with Gasteiger partial charge in [0.2, 0.25) is 0 Å². The number of carbonyl (C=O) groups is 1. The summed E-state index contributed by atoms with van der Waals surface area (Å²) in [6.45, 7) is 2.22. The Kier molecular flexibility index (Phi) is 7.14. The highest BCUT2D eigenvalue weighted by molar-refractivity contribution is 5.73. The number of carbonyl (C=O) groups excluding carboxylic acids is 1. The Morgan fingerprint density at radius 1 is 1.13 bits per heavy atom. The Morgan fingerprint density at radius 3 is 2.61 bits per heavy atom. The Balaban J connectivity index is 1.69. The lowest BCUT2D eigenvalue weighted by atomic mass is 10.0. The van der Waals surface area contributed by atoms with Gasteiger partial charge in [0.05, 0.1) is 0 Å². The minimum Gasteiger partial charge on any atom is -0.338 e. The molecule has 4 heteroatoms. The predicted molar refractivity (Wildman–Crippen MR) is 95.2 cm³/mol. The summed E-state index contributed by atoms with van der Waals surface area (Å²) in [4.78, 5) is 14.0. The van der Waals surface area contributed by atoms with E-state index in [2.05, 4.69) is 66.0 Å². The molecule has 0 heterocycles. The number of nitrogens with one attached hydrogen (secondary N) is 2. The summed E-state index contributed by atoms with van der Waals surface area (Å²) >= 11 is 0. The predicted octanol–water partition coefficient (Wildman–Crippen LogP) is 3.29. The zero-order chi connectivity index (χ0) is 16.5. The van der Waals surface area contributed by atoms with Gasteiger partial charge < -0.3 is 15.5 Å². The van der Waals surface area contributed by atoms with Crippen molar-refractivity contribution in [3.8, 4) is 0 Å². The molecule has 4 nitrogen and oxygen atoms in total. The van der Waals surface area contributed by atoms with Crippen molar-refractivity contribution in [1.82, 2.24) is 15.5 Å². The second kappa shape index (κ2) is 9.36. The quantitative estimate of drug-likeness (QED) is 0.791. The first-order chi connectivity index (χ1) is 11.1. The van der Waals surface area contributed by atoms with Crippen molar-refractivity contribution >= 4 is 6.03 Å². The molecule has 1 aromatic rings. The smallest absolute Gasteiger partial charge is 0.315 e. The maximum absolute atomic E-state index is 11.9. The van der Waals surface area contributed by atoms with Gasteiger partial charge in [0, 0.05) is 19.6 Å². The SMILES string of the molecule is CN(C)Cc1ccc(CNC(=O)NCC2C=CCCCC2)cc1. The van der Waals surface area contributed by atoms with E-state index in [1.807, 2.05) is 0 Å². The first-order valence-electron chi connectivity index (χ1n) is 8.54. The van der Waals surface area contributed by atoms with E-state index < -0.39 is 0 Å². The zero-order valence-corrected chi connectivity index (χ0v) is 14.3. The number of benzene rings is 1. The molecule has 2 N–H and O–H groups in total. The van der Waals surface area contributed by atoms with Crippen molar-refractivity contribution in [2.45, 2.75) is 38.8 Å². The van der Waals surface area contributed by atoms with E-state index in [-0.39, 0.29) is 6.03 Å². The van der Waals surface area contributed by atoms with E-state index in [0.29, 0.717) is 12.5 Å². The van der Waals surface area contributed by atoms with Crippen LogP contribution in [0.3, 0.4) is 0 Å². The number of amides is 2. The largest absolute Gasteiger partial charge is 0.338 e. The fourth-order valence-corrected chi connectivity index (χ4v) is 2.82. The first kappa shape index (κ1) is 17.5. The lowest BCUT2D eigenvalue weighted by Gasteiger charge is -2.13. The van der Waals surface area contributed by atoms with E-state index in [0.717, 1.165) is 18.7 Å². The van der Waals surface area contributed by atoms with E-state index >= 15 is 0 Å². The van der Waals surface area contributed by atoms with Crippen LogP contribution in [0.4, 0.5) is 4.79 Å². The monoisotopic (exact) mass is 315 g/mol. The van der Waals surface area contributed by atoms with E-state index in [9.17, 15) is 4.79 Å². The molecule has 23 heavy (non-hydrogen) atoms. The van der Waals surface area contributed by atoms with Crippen molar-refractivity contribution < 1.29 is 4.79 Å². The van der Waals surface area contributed by atoms with Gasteiger partial charge in [-0.05, 0) is 50.4 Å². The normalized spacial score (nSPS) is 17.8. The van der Waals surface area contributed by atoms with Crippen LogP contribution in [-0.2, 0) is 13.1 Å². The lowest BCUT2D eigenvalue weighted by molar-refractivity contribution is 0.239. The molecular weight excluding hydrogens is 286 g/mol. The molecule has 0 fully saturated rings. The summed E-state index contributed by atoms with van der Waals surface area (Å²) in [6, 6.07) is 8.30. The highest BCUT2D eigenvalue weighted by Gasteiger charge is 2.09. The molecule has 1 unspecified atom stereocenters. The third kappa shape index (κ3) is 6.87. The average Bonchev–Trinajstić information content (AvgIpc) is 2.80. The van der Waals surface area contributed by atoms with E-state index in [4.69, 9.17) is 0 Å². The van der Waals surface area contributed by atoms with Crippen molar-refractivity contribution in [2.75, 3.05) is 20.6 Å². The van der Waals surface area contributed by atoms with Gasteiger partial charge in [0.1, 0.15) is 0 Å². The molecule has 0 aromatic heterocycles. The zero-order valence-electron chi connectivity index (χ0n) is 14.3. The van der Waals surface area contributed by atoms with Gasteiger partial charge in [-0.15, -0.1) is 0 Å². The van der Waals surface area contributed by atoms with Gasteiger partial charge >= 0.3 is 6.03 Å². The minimum atomic E-state index is -0.0833. The Hall–Kier alpha value is -1.81. The van der Waals surface area contributed by atoms with Crippen LogP contribution in [0.5, 0.6) is 0 Å². The van der Waals surface area contributed by atoms with E-state index in [1.54, 1.807) is 0 Å². The van der Waals surface area contributed by atoms with Gasteiger partial charge in [0.25, 0.3) is 0 Å². The summed E-state index contributed by atoms with van der Waals surface area (Å²) in [6.07, 6.45) is 9.35. The lowest BCUT2D eigenvalue weighted by Crippen LogP contribution is -2.37. The summed E-state index contributed by atoms with van der Waals surface area (Å²) < 4.78 is 0. The molecule has 2 rings (SSSR count). The highest BCUT2D eigenvalue weighted by atomic mass is 16.2. The summed E-state index contributed by atoms with van der Waals surface area (Å²) in [5.41, 5.74) is 2.40. The number of nitrogens with zero attached hydrogens (tertiary/aromatic N) is 1. The van der Waals surface area contributed by atoms with Crippen LogP contribution < -0.4 is 10.6 Å². The third-order valence-corrected chi connectivity index (χ3v) is 4.10. The van der Waals surface area contributed by atoms with Crippen LogP contribution in [0.15, 0.2) is 36.4 Å². The van der Waals surface area contributed by atoms with Crippen LogP contribution in [0.1, 0.15) is 36.8 Å². The van der Waals surface area contributed by atoms with Crippen LogP contribution in [0.2, 0.25) is 0 Å². The maximum Gasteiger partial charge on any atom is 0.315 e. The molecule has 2 amide bonds. The molecule has 0 radical (unpaired) electrons. The molecule has 0 saturated carbocycles. The fourth-order valence-electron chi connectivity index (χ4n) is 2.82. The molecule has 1 atom stereocenters. The van der Waals surface area contributed by atoms with Gasteiger partial charge in [-0.3, -0.25) is 0 Å². The van der Waals surface area contributed by atoms with Crippen LogP contribution in [-0.4, -0.2) is 31.6 Å². The second-order valence-electron chi connectivity index (χ2n) is 6.59. The summed E-state index contributed by atoms with van der Waals surface area (Å²) in [5.74, 6) is 0.480. The van der Waals surface area contributed by atoms with Gasteiger partial charge in [-0.2, -0.15) is 0 Å². The molecule has 126 valence electrons. The molecule has 1 aliphatic carbocycles. The number of hydrogen-bond donors (Lipinski definition) is 2. The molecule has 0 aliphatic heterocycles. The molecule has 0 saturated heterocycles. The minimum absolute atomic E-state index is 0.0833. The fraction of sp³-hybridized carbons (Fsp3) is 0.526. The number of rotatable bonds is 6. The van der Waals surface area contributed by atoms with Crippen LogP contribution in [0.25, 0.3) is 0 Å². The number of hydrogen-bond acceptors (Lipinski definition) is 2. The Labute approximate surface area is 140 Å². The van der Waals surface area contributed by atoms with Gasteiger partial charge in [-0.1, -0.05) is 42.8 Å². The molecular formula is C19H29N3O. The highest BCUT2D eigenvalue weighted by Crippen LogP contribution is 2.15. The molecule has 0 spiro atoms. The van der Waals surface area contributed by atoms with Crippen molar-refractivity contribution in [2.24, 2.45) is 5.92 Å². The number of urea groups is 1. The van der Waals surface area contributed by atoms with Crippen LogP contribution in [0, 0.1) is 5.92 Å². The van der Waals surface area contributed by atoms with E-state index in [1.165, 1.54) is 31.2 Å². The van der Waals surface area contributed by atoms with Crippen molar-refractivity contribution in [3.63, 3.8) is 0 Å². The third-order valence-electron chi connectivity index (χ3n) is 4.10. The Morgan fingerprint density at radius 2 is 1.87 bits per heavy atom. The molecule has 0 bridgehead atoms. The number of allylic oxidation sites excluding steroid dienone is 1.